The van der Waals surface area contributed by atoms with Crippen molar-refractivity contribution in [3.63, 3.8) is 0 Å². The molecule has 3 rings (SSSR count). The van der Waals surface area contributed by atoms with Gasteiger partial charge in [-0.25, -0.2) is 0 Å². The lowest BCUT2D eigenvalue weighted by Gasteiger charge is -2.31. The standard InChI is InChI=1S/C26H32N2O5/c1-3-33-26(31)22-13-16-27(17-14-22)24(29)15-18-28(19-20-7-5-4-6-8-20)25(30)21-9-11-23(32-2)12-10-21/h4-12,22H,3,13-19H2,1-2H3. The molecule has 0 saturated carbocycles. The van der Waals surface area contributed by atoms with E-state index in [1.807, 2.05) is 30.3 Å². The van der Waals surface area contributed by atoms with Crippen LogP contribution >= 0.6 is 0 Å². The Kier molecular flexibility index (Phi) is 8.87. The molecule has 1 aliphatic heterocycles. The number of hydrogen-bond donors (Lipinski definition) is 0. The van der Waals surface area contributed by atoms with Crippen LogP contribution in [0.4, 0.5) is 0 Å². The molecule has 7 heteroatoms. The second kappa shape index (κ2) is 12.0. The van der Waals surface area contributed by atoms with E-state index in [-0.39, 0.29) is 30.1 Å². The highest BCUT2D eigenvalue weighted by Crippen LogP contribution is 2.20. The van der Waals surface area contributed by atoms with Crippen molar-refractivity contribution in [2.24, 2.45) is 5.92 Å². The van der Waals surface area contributed by atoms with E-state index in [9.17, 15) is 14.4 Å². The molecule has 0 radical (unpaired) electrons. The Hall–Kier alpha value is -3.35. The number of carbonyl (C=O) groups excluding carboxylic acids is 3. The van der Waals surface area contributed by atoms with Crippen LogP contribution in [0.2, 0.25) is 0 Å². The topological polar surface area (TPSA) is 76.2 Å². The van der Waals surface area contributed by atoms with Crippen molar-refractivity contribution < 1.29 is 23.9 Å². The fraction of sp³-hybridized carbons (Fsp3) is 0.423. The predicted molar refractivity (Wildman–Crippen MR) is 125 cm³/mol. The first-order valence-corrected chi connectivity index (χ1v) is 11.4. The minimum absolute atomic E-state index is 0.00194. The predicted octanol–water partition coefficient (Wildman–Crippen LogP) is 3.53. The SMILES string of the molecule is CCOC(=O)C1CCN(C(=O)CCN(Cc2ccccc2)C(=O)c2ccc(OC)cc2)CC1. The van der Waals surface area contributed by atoms with Crippen LogP contribution in [0.5, 0.6) is 5.75 Å². The zero-order valence-corrected chi connectivity index (χ0v) is 19.4. The summed E-state index contributed by atoms with van der Waals surface area (Å²) in [5.41, 5.74) is 1.55. The largest absolute Gasteiger partial charge is 0.497 e. The van der Waals surface area contributed by atoms with Crippen LogP contribution in [0.15, 0.2) is 54.6 Å². The maximum atomic E-state index is 13.2. The summed E-state index contributed by atoms with van der Waals surface area (Å²) in [5, 5.41) is 0. The molecule has 0 aliphatic carbocycles. The summed E-state index contributed by atoms with van der Waals surface area (Å²) in [4.78, 5) is 41.5. The summed E-state index contributed by atoms with van der Waals surface area (Å²) >= 11 is 0. The van der Waals surface area contributed by atoms with Gasteiger partial charge in [-0.05, 0) is 49.6 Å². The Morgan fingerprint density at radius 1 is 1.00 bits per heavy atom. The number of nitrogens with zero attached hydrogens (tertiary/aromatic N) is 2. The number of esters is 1. The minimum Gasteiger partial charge on any atom is -0.497 e. The van der Waals surface area contributed by atoms with Crippen LogP contribution in [0.25, 0.3) is 0 Å². The summed E-state index contributed by atoms with van der Waals surface area (Å²) in [6.45, 7) is 3.98. The smallest absolute Gasteiger partial charge is 0.309 e. The van der Waals surface area contributed by atoms with Gasteiger partial charge in [-0.1, -0.05) is 30.3 Å². The third-order valence-corrected chi connectivity index (χ3v) is 5.90. The highest BCUT2D eigenvalue weighted by atomic mass is 16.5. The fourth-order valence-corrected chi connectivity index (χ4v) is 3.99. The van der Waals surface area contributed by atoms with Crippen LogP contribution in [-0.4, -0.2) is 60.9 Å². The molecule has 0 aromatic heterocycles. The molecule has 1 heterocycles. The maximum absolute atomic E-state index is 13.2. The average Bonchev–Trinajstić information content (AvgIpc) is 2.86. The minimum atomic E-state index is -0.177. The molecule has 0 N–H and O–H groups in total. The Labute approximate surface area is 195 Å². The van der Waals surface area contributed by atoms with E-state index in [4.69, 9.17) is 9.47 Å². The second-order valence-electron chi connectivity index (χ2n) is 8.10. The number of hydrogen-bond acceptors (Lipinski definition) is 5. The van der Waals surface area contributed by atoms with Gasteiger partial charge in [0.1, 0.15) is 5.75 Å². The Balaban J connectivity index is 1.62. The van der Waals surface area contributed by atoms with Gasteiger partial charge >= 0.3 is 5.97 Å². The van der Waals surface area contributed by atoms with Crippen molar-refractivity contribution in [1.29, 1.82) is 0 Å². The number of methoxy groups -OCH3 is 1. The molecule has 7 nitrogen and oxygen atoms in total. The summed E-state index contributed by atoms with van der Waals surface area (Å²) < 4.78 is 10.3. The molecule has 1 saturated heterocycles. The quantitative estimate of drug-likeness (QED) is 0.544. The third-order valence-electron chi connectivity index (χ3n) is 5.90. The van der Waals surface area contributed by atoms with E-state index in [1.165, 1.54) is 0 Å². The number of ether oxygens (including phenoxy) is 2. The maximum Gasteiger partial charge on any atom is 0.309 e. The number of carbonyl (C=O) groups is 3. The third kappa shape index (κ3) is 6.81. The highest BCUT2D eigenvalue weighted by molar-refractivity contribution is 5.94. The van der Waals surface area contributed by atoms with Gasteiger partial charge in [0.15, 0.2) is 0 Å². The molecule has 2 aromatic rings. The van der Waals surface area contributed by atoms with Crippen molar-refractivity contribution in [2.45, 2.75) is 32.7 Å². The molecule has 1 aliphatic rings. The second-order valence-corrected chi connectivity index (χ2v) is 8.10. The van der Waals surface area contributed by atoms with Crippen molar-refractivity contribution in [1.82, 2.24) is 9.80 Å². The van der Waals surface area contributed by atoms with Gasteiger partial charge in [0.2, 0.25) is 5.91 Å². The summed E-state index contributed by atoms with van der Waals surface area (Å²) in [7, 11) is 1.58. The molecule has 2 aromatic carbocycles. The molecular weight excluding hydrogens is 420 g/mol. The first-order chi connectivity index (χ1) is 16.0. The van der Waals surface area contributed by atoms with Crippen LogP contribution in [0.3, 0.4) is 0 Å². The van der Waals surface area contributed by atoms with E-state index in [0.717, 1.165) is 5.56 Å². The lowest BCUT2D eigenvalue weighted by Crippen LogP contribution is -2.42. The molecule has 0 unspecified atom stereocenters. The number of amides is 2. The van der Waals surface area contributed by atoms with Crippen molar-refractivity contribution in [3.8, 4) is 5.75 Å². The van der Waals surface area contributed by atoms with Gasteiger partial charge in [-0.15, -0.1) is 0 Å². The van der Waals surface area contributed by atoms with Gasteiger partial charge in [0.25, 0.3) is 5.91 Å². The zero-order valence-electron chi connectivity index (χ0n) is 19.4. The molecule has 33 heavy (non-hydrogen) atoms. The van der Waals surface area contributed by atoms with E-state index >= 15 is 0 Å². The normalized spacial score (nSPS) is 13.9. The average molecular weight is 453 g/mol. The van der Waals surface area contributed by atoms with Crippen LogP contribution in [0.1, 0.15) is 42.1 Å². The number of benzene rings is 2. The molecule has 2 amide bonds. The number of piperidine rings is 1. The number of rotatable bonds is 9. The van der Waals surface area contributed by atoms with Crippen molar-refractivity contribution >= 4 is 17.8 Å². The van der Waals surface area contributed by atoms with E-state index in [0.29, 0.717) is 56.9 Å². The van der Waals surface area contributed by atoms with Crippen LogP contribution in [0, 0.1) is 5.92 Å². The molecule has 0 spiro atoms. The Morgan fingerprint density at radius 2 is 1.67 bits per heavy atom. The molecule has 0 bridgehead atoms. The monoisotopic (exact) mass is 452 g/mol. The fourth-order valence-electron chi connectivity index (χ4n) is 3.99. The molecule has 0 atom stereocenters. The van der Waals surface area contributed by atoms with E-state index in [2.05, 4.69) is 0 Å². The summed E-state index contributed by atoms with van der Waals surface area (Å²) in [6, 6.07) is 16.7. The Morgan fingerprint density at radius 3 is 2.27 bits per heavy atom. The lowest BCUT2D eigenvalue weighted by molar-refractivity contribution is -0.151. The summed E-state index contributed by atoms with van der Waals surface area (Å²) in [6.07, 6.45) is 1.46. The first kappa shape index (κ1) is 24.3. The van der Waals surface area contributed by atoms with Crippen LogP contribution < -0.4 is 4.74 Å². The van der Waals surface area contributed by atoms with Gasteiger partial charge < -0.3 is 19.3 Å². The molecule has 176 valence electrons. The highest BCUT2D eigenvalue weighted by Gasteiger charge is 2.28. The van der Waals surface area contributed by atoms with Crippen LogP contribution in [-0.2, 0) is 20.9 Å². The Bertz CT molecular complexity index is 921. The number of likely N-dealkylation sites (tertiary alicyclic amines) is 1. The summed E-state index contributed by atoms with van der Waals surface area (Å²) in [5.74, 6) is 0.236. The van der Waals surface area contributed by atoms with Gasteiger partial charge in [-0.3, -0.25) is 14.4 Å². The van der Waals surface area contributed by atoms with Gasteiger partial charge in [-0.2, -0.15) is 0 Å². The lowest BCUT2D eigenvalue weighted by atomic mass is 9.97. The van der Waals surface area contributed by atoms with Gasteiger partial charge in [0, 0.05) is 38.2 Å². The van der Waals surface area contributed by atoms with E-state index in [1.54, 1.807) is 48.1 Å². The van der Waals surface area contributed by atoms with E-state index < -0.39 is 0 Å². The van der Waals surface area contributed by atoms with Crippen molar-refractivity contribution in [2.75, 3.05) is 33.4 Å². The van der Waals surface area contributed by atoms with Crippen molar-refractivity contribution in [3.05, 3.63) is 65.7 Å². The zero-order chi connectivity index (χ0) is 23.6. The van der Waals surface area contributed by atoms with Gasteiger partial charge in [0.05, 0.1) is 19.6 Å². The first-order valence-electron chi connectivity index (χ1n) is 11.4. The molecule has 1 fully saturated rings. The molecular formula is C26H32N2O5.